The summed E-state index contributed by atoms with van der Waals surface area (Å²) in [4.78, 5) is 24.7. The van der Waals surface area contributed by atoms with Gasteiger partial charge in [-0.2, -0.15) is 5.10 Å². The van der Waals surface area contributed by atoms with E-state index in [1.165, 1.54) is 11.0 Å². The molecule has 0 aliphatic carbocycles. The van der Waals surface area contributed by atoms with E-state index in [0.717, 1.165) is 12.2 Å². The number of primary amides is 1. The Balaban J connectivity index is 2.88. The lowest BCUT2D eigenvalue weighted by molar-refractivity contribution is -0.135. The van der Waals surface area contributed by atoms with Gasteiger partial charge in [0.25, 0.3) is 0 Å². The minimum Gasteiger partial charge on any atom is -0.368 e. The molecular formula is C14H22N4O2. The Kier molecular flexibility index (Phi) is 5.07. The highest BCUT2D eigenvalue weighted by Gasteiger charge is 2.26. The van der Waals surface area contributed by atoms with Gasteiger partial charge in [-0.3, -0.25) is 14.3 Å². The maximum absolute atomic E-state index is 12.2. The lowest BCUT2D eigenvalue weighted by atomic mass is 10.1. The average molecular weight is 278 g/mol. The molecule has 0 unspecified atom stereocenters. The number of amides is 2. The molecule has 1 aromatic rings. The van der Waals surface area contributed by atoms with Crippen molar-refractivity contribution in [2.45, 2.75) is 39.8 Å². The van der Waals surface area contributed by atoms with Crippen molar-refractivity contribution < 1.29 is 9.59 Å². The summed E-state index contributed by atoms with van der Waals surface area (Å²) in [6.07, 6.45) is 4.81. The van der Waals surface area contributed by atoms with Gasteiger partial charge < -0.3 is 10.6 Å². The highest BCUT2D eigenvalue weighted by atomic mass is 16.2. The van der Waals surface area contributed by atoms with Crippen molar-refractivity contribution in [2.75, 3.05) is 6.54 Å². The Hall–Kier alpha value is -2.11. The monoisotopic (exact) mass is 278 g/mol. The second-order valence-corrected chi connectivity index (χ2v) is 5.47. The number of nitrogens with two attached hydrogens (primary N) is 1. The lowest BCUT2D eigenvalue weighted by Gasteiger charge is -2.33. The van der Waals surface area contributed by atoms with Crippen LogP contribution in [0.25, 0.3) is 6.08 Å². The average Bonchev–Trinajstić information content (AvgIpc) is 2.78. The summed E-state index contributed by atoms with van der Waals surface area (Å²) in [5.74, 6) is -0.777. The molecule has 0 fully saturated rings. The molecule has 0 saturated carbocycles. The van der Waals surface area contributed by atoms with E-state index in [9.17, 15) is 9.59 Å². The fourth-order valence-corrected chi connectivity index (χ4v) is 1.80. The van der Waals surface area contributed by atoms with Gasteiger partial charge in [-0.15, -0.1) is 0 Å². The number of carbonyl (C=O) groups excluding carboxylic acids is 2. The summed E-state index contributed by atoms with van der Waals surface area (Å²) < 4.78 is 1.78. The van der Waals surface area contributed by atoms with E-state index >= 15 is 0 Å². The third kappa shape index (κ3) is 4.22. The van der Waals surface area contributed by atoms with Crippen LogP contribution in [0.4, 0.5) is 0 Å². The smallest absolute Gasteiger partial charge is 0.247 e. The predicted molar refractivity (Wildman–Crippen MR) is 77.6 cm³/mol. The van der Waals surface area contributed by atoms with Crippen LogP contribution in [-0.2, 0) is 16.1 Å². The van der Waals surface area contributed by atoms with E-state index in [-0.39, 0.29) is 12.5 Å². The molecule has 6 heteroatoms. The van der Waals surface area contributed by atoms with Gasteiger partial charge >= 0.3 is 0 Å². The topological polar surface area (TPSA) is 81.2 Å². The van der Waals surface area contributed by atoms with Crippen molar-refractivity contribution in [2.24, 2.45) is 5.73 Å². The highest BCUT2D eigenvalue weighted by molar-refractivity contribution is 5.94. The van der Waals surface area contributed by atoms with Crippen LogP contribution in [-0.4, -0.2) is 38.6 Å². The van der Waals surface area contributed by atoms with E-state index < -0.39 is 11.4 Å². The Labute approximate surface area is 119 Å². The van der Waals surface area contributed by atoms with Gasteiger partial charge in [0.15, 0.2) is 0 Å². The van der Waals surface area contributed by atoms with Crippen LogP contribution in [0.2, 0.25) is 0 Å². The van der Waals surface area contributed by atoms with Crippen molar-refractivity contribution in [3.8, 4) is 0 Å². The summed E-state index contributed by atoms with van der Waals surface area (Å²) in [6, 6.07) is 1.82. The van der Waals surface area contributed by atoms with Crippen molar-refractivity contribution in [3.63, 3.8) is 0 Å². The first-order valence-electron chi connectivity index (χ1n) is 6.55. The molecule has 20 heavy (non-hydrogen) atoms. The first-order valence-corrected chi connectivity index (χ1v) is 6.55. The summed E-state index contributed by atoms with van der Waals surface area (Å²) in [6.45, 7) is 8.18. The van der Waals surface area contributed by atoms with E-state index in [4.69, 9.17) is 5.73 Å². The standard InChI is InChI=1S/C14H22N4O2/c1-5-18-11(8-9-16-18)6-7-13(20)17(10-12(15)19)14(2,3)4/h6-9H,5,10H2,1-4H3,(H2,15,19)/b7-6+. The van der Waals surface area contributed by atoms with E-state index in [1.807, 2.05) is 33.8 Å². The number of nitrogens with zero attached hydrogens (tertiary/aromatic N) is 3. The first-order chi connectivity index (χ1) is 9.25. The Morgan fingerprint density at radius 3 is 2.60 bits per heavy atom. The summed E-state index contributed by atoms with van der Waals surface area (Å²) >= 11 is 0. The minimum absolute atomic E-state index is 0.0975. The molecule has 2 amide bonds. The van der Waals surface area contributed by atoms with Gasteiger partial charge in [-0.1, -0.05) is 0 Å². The molecule has 1 aromatic heterocycles. The molecule has 1 rings (SSSR count). The molecule has 6 nitrogen and oxygen atoms in total. The second-order valence-electron chi connectivity index (χ2n) is 5.47. The zero-order valence-corrected chi connectivity index (χ0v) is 12.5. The van der Waals surface area contributed by atoms with Gasteiger partial charge in [0.2, 0.25) is 11.8 Å². The quantitative estimate of drug-likeness (QED) is 0.817. The van der Waals surface area contributed by atoms with Gasteiger partial charge in [0.05, 0.1) is 5.69 Å². The number of aryl methyl sites for hydroxylation is 1. The van der Waals surface area contributed by atoms with Crippen LogP contribution in [0.15, 0.2) is 18.3 Å². The molecule has 0 bridgehead atoms. The van der Waals surface area contributed by atoms with E-state index in [0.29, 0.717) is 0 Å². The Morgan fingerprint density at radius 1 is 1.45 bits per heavy atom. The molecular weight excluding hydrogens is 256 g/mol. The third-order valence-electron chi connectivity index (χ3n) is 2.84. The number of carbonyl (C=O) groups is 2. The van der Waals surface area contributed by atoms with Crippen molar-refractivity contribution in [3.05, 3.63) is 24.0 Å². The van der Waals surface area contributed by atoms with Crippen LogP contribution in [0.1, 0.15) is 33.4 Å². The first kappa shape index (κ1) is 15.9. The van der Waals surface area contributed by atoms with Gasteiger partial charge in [0.1, 0.15) is 6.54 Å². The van der Waals surface area contributed by atoms with Gasteiger partial charge in [0, 0.05) is 24.4 Å². The third-order valence-corrected chi connectivity index (χ3v) is 2.84. The normalized spacial score (nSPS) is 11.8. The Morgan fingerprint density at radius 2 is 2.10 bits per heavy atom. The molecule has 110 valence electrons. The van der Waals surface area contributed by atoms with Crippen LogP contribution in [0, 0.1) is 0 Å². The summed E-state index contributed by atoms with van der Waals surface area (Å²) in [5.41, 5.74) is 5.56. The number of hydrogen-bond donors (Lipinski definition) is 1. The van der Waals surface area contributed by atoms with E-state index in [1.54, 1.807) is 17.0 Å². The molecule has 0 atom stereocenters. The second kappa shape index (κ2) is 6.36. The molecule has 2 N–H and O–H groups in total. The summed E-state index contributed by atoms with van der Waals surface area (Å²) in [7, 11) is 0. The van der Waals surface area contributed by atoms with Crippen LogP contribution in [0.3, 0.4) is 0 Å². The molecule has 0 spiro atoms. The molecule has 0 aliphatic rings. The fourth-order valence-electron chi connectivity index (χ4n) is 1.80. The molecule has 0 saturated heterocycles. The number of rotatable bonds is 5. The molecule has 0 aliphatic heterocycles. The number of hydrogen-bond acceptors (Lipinski definition) is 3. The van der Waals surface area contributed by atoms with Crippen LogP contribution in [0.5, 0.6) is 0 Å². The van der Waals surface area contributed by atoms with Gasteiger partial charge in [-0.05, 0) is 39.8 Å². The maximum atomic E-state index is 12.2. The Bertz CT molecular complexity index is 511. The maximum Gasteiger partial charge on any atom is 0.247 e. The molecule has 0 aromatic carbocycles. The lowest BCUT2D eigenvalue weighted by Crippen LogP contribution is -2.48. The molecule has 0 radical (unpaired) electrons. The van der Waals surface area contributed by atoms with E-state index in [2.05, 4.69) is 5.10 Å². The van der Waals surface area contributed by atoms with Crippen LogP contribution < -0.4 is 5.73 Å². The predicted octanol–water partition coefficient (Wildman–Crippen LogP) is 1.03. The van der Waals surface area contributed by atoms with Crippen molar-refractivity contribution in [1.29, 1.82) is 0 Å². The largest absolute Gasteiger partial charge is 0.368 e. The van der Waals surface area contributed by atoms with Gasteiger partial charge in [-0.25, -0.2) is 0 Å². The van der Waals surface area contributed by atoms with Crippen molar-refractivity contribution >= 4 is 17.9 Å². The SMILES string of the molecule is CCn1nccc1/C=C/C(=O)N(CC(N)=O)C(C)(C)C. The zero-order valence-electron chi connectivity index (χ0n) is 12.5. The highest BCUT2D eigenvalue weighted by Crippen LogP contribution is 2.14. The zero-order chi connectivity index (χ0) is 15.3. The number of aromatic nitrogens is 2. The minimum atomic E-state index is -0.528. The van der Waals surface area contributed by atoms with Crippen molar-refractivity contribution in [1.82, 2.24) is 14.7 Å². The summed E-state index contributed by atoms with van der Waals surface area (Å²) in [5, 5.41) is 4.12. The van der Waals surface area contributed by atoms with Crippen LogP contribution >= 0.6 is 0 Å². The molecule has 1 heterocycles. The fraction of sp³-hybridized carbons (Fsp3) is 0.500.